The van der Waals surface area contributed by atoms with E-state index in [1.165, 1.54) is 0 Å². The van der Waals surface area contributed by atoms with E-state index in [1.54, 1.807) is 24.3 Å². The second-order valence-electron chi connectivity index (χ2n) is 5.94. The number of carbonyl (C=O) groups excluding carboxylic acids is 1. The molecule has 0 saturated heterocycles. The molecule has 28 heavy (non-hydrogen) atoms. The number of hydrogen-bond acceptors (Lipinski definition) is 6. The second-order valence-corrected chi connectivity index (χ2v) is 5.94. The molecular weight excluding hydrogens is 354 g/mol. The lowest BCUT2D eigenvalue weighted by molar-refractivity contribution is 0.0947. The average molecular weight is 371 g/mol. The number of aromatic nitrogens is 3. The third-order valence-electron chi connectivity index (χ3n) is 3.91. The van der Waals surface area contributed by atoms with Crippen molar-refractivity contribution in [2.45, 2.75) is 0 Å². The summed E-state index contributed by atoms with van der Waals surface area (Å²) in [6, 6.07) is 25.6. The Morgan fingerprint density at radius 2 is 1.57 bits per heavy atom. The molecule has 0 radical (unpaired) electrons. The summed E-state index contributed by atoms with van der Waals surface area (Å²) >= 11 is 0. The summed E-state index contributed by atoms with van der Waals surface area (Å²) in [5.41, 5.74) is 7.07. The lowest BCUT2D eigenvalue weighted by Gasteiger charge is -2.07. The van der Waals surface area contributed by atoms with Crippen molar-refractivity contribution in [2.24, 2.45) is 0 Å². The summed E-state index contributed by atoms with van der Waals surface area (Å²) < 4.78 is 6.84. The lowest BCUT2D eigenvalue weighted by atomic mass is 10.2. The van der Waals surface area contributed by atoms with Crippen molar-refractivity contribution < 1.29 is 9.53 Å². The van der Waals surface area contributed by atoms with Crippen LogP contribution in [0.5, 0.6) is 11.5 Å². The summed E-state index contributed by atoms with van der Waals surface area (Å²) in [4.78, 5) is 16.9. The van der Waals surface area contributed by atoms with Gasteiger partial charge >= 0.3 is 0 Å². The van der Waals surface area contributed by atoms with Crippen molar-refractivity contribution in [3.8, 4) is 11.5 Å². The van der Waals surface area contributed by atoms with Crippen LogP contribution in [0, 0.1) is 0 Å². The third kappa shape index (κ3) is 3.83. The Kier molecular flexibility index (Phi) is 4.71. The van der Waals surface area contributed by atoms with Crippen molar-refractivity contribution in [3.63, 3.8) is 0 Å². The van der Waals surface area contributed by atoms with Gasteiger partial charge in [0.1, 0.15) is 11.5 Å². The molecule has 0 aliphatic rings. The van der Waals surface area contributed by atoms with Gasteiger partial charge in [-0.15, -0.1) is 5.10 Å². The number of hydrogen-bond donors (Lipinski definition) is 2. The van der Waals surface area contributed by atoms with Gasteiger partial charge in [-0.25, -0.2) is 0 Å². The minimum absolute atomic E-state index is 0.00203. The van der Waals surface area contributed by atoms with Crippen LogP contribution in [0.3, 0.4) is 0 Å². The molecule has 3 aromatic carbocycles. The van der Waals surface area contributed by atoms with Crippen LogP contribution >= 0.6 is 0 Å². The van der Waals surface area contributed by atoms with Crippen LogP contribution in [-0.2, 0) is 0 Å². The van der Waals surface area contributed by atoms with Gasteiger partial charge in [0.25, 0.3) is 5.91 Å². The molecule has 0 atom stereocenters. The molecule has 1 aromatic heterocycles. The van der Waals surface area contributed by atoms with Gasteiger partial charge in [0, 0.05) is 11.3 Å². The molecule has 0 unspecified atom stereocenters. The molecule has 1 heterocycles. The first-order valence-electron chi connectivity index (χ1n) is 8.61. The zero-order chi connectivity index (χ0) is 19.3. The SMILES string of the molecule is Nc1nc(Nc2ccccc2)nn1C(=O)c1cccc(Oc2ccccc2)c1. The molecule has 0 saturated carbocycles. The molecule has 0 fully saturated rings. The predicted molar refractivity (Wildman–Crippen MR) is 107 cm³/mol. The summed E-state index contributed by atoms with van der Waals surface area (Å²) in [5.74, 6) is 1.07. The maximum absolute atomic E-state index is 12.8. The van der Waals surface area contributed by atoms with Crippen LogP contribution < -0.4 is 15.8 Å². The molecule has 0 aliphatic heterocycles. The van der Waals surface area contributed by atoms with Crippen LogP contribution in [-0.4, -0.2) is 20.7 Å². The van der Waals surface area contributed by atoms with Gasteiger partial charge in [-0.3, -0.25) is 4.79 Å². The predicted octanol–water partition coefficient (Wildman–Crippen LogP) is 4.08. The molecular formula is C21H17N5O2. The highest BCUT2D eigenvalue weighted by molar-refractivity contribution is 5.97. The monoisotopic (exact) mass is 371 g/mol. The number of carbonyl (C=O) groups is 1. The van der Waals surface area contributed by atoms with Gasteiger partial charge in [-0.1, -0.05) is 42.5 Å². The van der Waals surface area contributed by atoms with Crippen LogP contribution in [0.4, 0.5) is 17.6 Å². The van der Waals surface area contributed by atoms with Crippen molar-refractivity contribution in [1.29, 1.82) is 0 Å². The fourth-order valence-corrected chi connectivity index (χ4v) is 2.62. The van der Waals surface area contributed by atoms with Gasteiger partial charge in [-0.05, 0) is 42.5 Å². The fraction of sp³-hybridized carbons (Fsp3) is 0. The molecule has 0 spiro atoms. The van der Waals surface area contributed by atoms with E-state index in [0.29, 0.717) is 17.1 Å². The van der Waals surface area contributed by atoms with E-state index >= 15 is 0 Å². The quantitative estimate of drug-likeness (QED) is 0.549. The van der Waals surface area contributed by atoms with Crippen LogP contribution in [0.2, 0.25) is 0 Å². The van der Waals surface area contributed by atoms with Crippen LogP contribution in [0.15, 0.2) is 84.9 Å². The minimum Gasteiger partial charge on any atom is -0.457 e. The van der Waals surface area contributed by atoms with Crippen LogP contribution in [0.25, 0.3) is 0 Å². The van der Waals surface area contributed by atoms with E-state index in [2.05, 4.69) is 15.4 Å². The summed E-state index contributed by atoms with van der Waals surface area (Å²) in [6.45, 7) is 0. The molecule has 7 heteroatoms. The molecule has 4 rings (SSSR count). The zero-order valence-electron chi connectivity index (χ0n) is 14.8. The first-order valence-corrected chi connectivity index (χ1v) is 8.61. The van der Waals surface area contributed by atoms with E-state index in [0.717, 1.165) is 10.4 Å². The Balaban J connectivity index is 1.55. The highest BCUT2D eigenvalue weighted by Crippen LogP contribution is 2.23. The minimum atomic E-state index is -0.398. The molecule has 7 nitrogen and oxygen atoms in total. The molecule has 0 aliphatic carbocycles. The van der Waals surface area contributed by atoms with Gasteiger partial charge in [0.05, 0.1) is 0 Å². The Bertz CT molecular complexity index is 1090. The first kappa shape index (κ1) is 17.3. The van der Waals surface area contributed by atoms with Crippen LogP contribution in [0.1, 0.15) is 10.4 Å². The third-order valence-corrected chi connectivity index (χ3v) is 3.91. The highest BCUT2D eigenvalue weighted by atomic mass is 16.5. The molecule has 3 N–H and O–H groups in total. The second kappa shape index (κ2) is 7.63. The van der Waals surface area contributed by atoms with E-state index < -0.39 is 5.91 Å². The average Bonchev–Trinajstić information content (AvgIpc) is 3.09. The highest BCUT2D eigenvalue weighted by Gasteiger charge is 2.17. The topological polar surface area (TPSA) is 95.1 Å². The smallest absolute Gasteiger partial charge is 0.281 e. The number of nitrogen functional groups attached to an aromatic ring is 1. The Labute approximate surface area is 161 Å². The van der Waals surface area contributed by atoms with E-state index in [4.69, 9.17) is 10.5 Å². The summed E-state index contributed by atoms with van der Waals surface area (Å²) in [7, 11) is 0. The van der Waals surface area contributed by atoms with Gasteiger partial charge < -0.3 is 15.8 Å². The number of nitrogens with two attached hydrogens (primary N) is 1. The number of benzene rings is 3. The zero-order valence-corrected chi connectivity index (χ0v) is 14.8. The van der Waals surface area contributed by atoms with Gasteiger partial charge in [0.15, 0.2) is 0 Å². The number of nitrogens with one attached hydrogen (secondary N) is 1. The summed E-state index contributed by atoms with van der Waals surface area (Å²) in [6.07, 6.45) is 0. The molecule has 4 aromatic rings. The Morgan fingerprint density at radius 1 is 0.893 bits per heavy atom. The summed E-state index contributed by atoms with van der Waals surface area (Å²) in [5, 5.41) is 7.19. The first-order chi connectivity index (χ1) is 13.7. The largest absolute Gasteiger partial charge is 0.457 e. The number of para-hydroxylation sites is 2. The van der Waals surface area contributed by atoms with Gasteiger partial charge in [0.2, 0.25) is 11.9 Å². The van der Waals surface area contributed by atoms with E-state index in [9.17, 15) is 4.79 Å². The van der Waals surface area contributed by atoms with Gasteiger partial charge in [-0.2, -0.15) is 9.67 Å². The molecule has 138 valence electrons. The van der Waals surface area contributed by atoms with Crippen molar-refractivity contribution >= 4 is 23.5 Å². The van der Waals surface area contributed by atoms with E-state index in [-0.39, 0.29) is 11.9 Å². The molecule has 0 amide bonds. The number of anilines is 3. The maximum atomic E-state index is 12.8. The fourth-order valence-electron chi connectivity index (χ4n) is 2.62. The van der Waals surface area contributed by atoms with E-state index in [1.807, 2.05) is 60.7 Å². The number of rotatable bonds is 5. The lowest BCUT2D eigenvalue weighted by Crippen LogP contribution is -2.16. The molecule has 0 bridgehead atoms. The standard InChI is InChI=1S/C21H17N5O2/c22-20-24-21(23-16-9-3-1-4-10-16)25-26(20)19(27)15-8-7-13-18(14-15)28-17-11-5-2-6-12-17/h1-14H,(H3,22,23,24,25). The van der Waals surface area contributed by atoms with Crippen molar-refractivity contribution in [2.75, 3.05) is 11.1 Å². The number of nitrogens with zero attached hydrogens (tertiary/aromatic N) is 3. The Morgan fingerprint density at radius 3 is 2.32 bits per heavy atom. The van der Waals surface area contributed by atoms with Crippen molar-refractivity contribution in [1.82, 2.24) is 14.8 Å². The maximum Gasteiger partial charge on any atom is 0.281 e. The number of ether oxygens (including phenoxy) is 1. The Hall–Kier alpha value is -4.13. The van der Waals surface area contributed by atoms with Crippen molar-refractivity contribution in [3.05, 3.63) is 90.5 Å². The normalized spacial score (nSPS) is 10.4.